The number of carbonyl (C=O) groups is 2. The lowest BCUT2D eigenvalue weighted by Crippen LogP contribution is -2.33. The van der Waals surface area contributed by atoms with Crippen molar-refractivity contribution < 1.29 is 24.5 Å². The molecule has 6 aromatic rings. The van der Waals surface area contributed by atoms with Crippen molar-refractivity contribution in [1.82, 2.24) is 15.4 Å². The van der Waals surface area contributed by atoms with Gasteiger partial charge in [-0.2, -0.15) is 20.7 Å². The van der Waals surface area contributed by atoms with E-state index in [1.54, 1.807) is 36.4 Å². The largest absolute Gasteiger partial charge is 0.503 e. The fourth-order valence-corrected chi connectivity index (χ4v) is 5.76. The molecule has 9 N–H and O–H groups in total. The number of amides is 1. The number of rotatable bonds is 16. The van der Waals surface area contributed by atoms with E-state index in [2.05, 4.69) is 42.7 Å². The number of H-pyrrole nitrogens is 1. The summed E-state index contributed by atoms with van der Waals surface area (Å²) in [5, 5.41) is 54.0. The third-order valence-corrected chi connectivity index (χ3v) is 8.42. The van der Waals surface area contributed by atoms with Crippen LogP contribution in [0.1, 0.15) is 36.2 Å². The van der Waals surface area contributed by atoms with Crippen LogP contribution in [0, 0.1) is 11.3 Å². The highest BCUT2D eigenvalue weighted by molar-refractivity contribution is 5.88. The van der Waals surface area contributed by atoms with Gasteiger partial charge in [-0.25, -0.2) is 4.79 Å². The lowest BCUT2D eigenvalue weighted by Gasteiger charge is -2.21. The van der Waals surface area contributed by atoms with Gasteiger partial charge in [-0.05, 0) is 98.8 Å². The molecule has 0 unspecified atom stereocenters. The summed E-state index contributed by atoms with van der Waals surface area (Å²) >= 11 is 0. The normalized spacial score (nSPS) is 11.3. The number of aromatic carboxylic acids is 1. The summed E-state index contributed by atoms with van der Waals surface area (Å²) in [4.78, 5) is 23.2. The number of aromatic nitrogens is 3. The molecule has 55 heavy (non-hydrogen) atoms. The minimum absolute atomic E-state index is 0.0983. The number of ether oxygens (including phenoxy) is 1. The van der Waals surface area contributed by atoms with Crippen molar-refractivity contribution in [2.75, 3.05) is 27.8 Å². The summed E-state index contributed by atoms with van der Waals surface area (Å²) in [6.07, 6.45) is -0.134. The SMILES string of the molecule is CC(C)Oc1c(Nc2ccc(NC[C@H](CC(N)=O)Nc3ccc(-c4n[nH]nc4-c4ccc(C#N)cc4)cc3)cc2)ccc(Nc2ccc(C(=O)O)cc2)c1O. The minimum atomic E-state index is -1.02. The summed E-state index contributed by atoms with van der Waals surface area (Å²) in [7, 11) is 0. The maximum absolute atomic E-state index is 12.0. The van der Waals surface area contributed by atoms with Crippen LogP contribution in [0.3, 0.4) is 0 Å². The van der Waals surface area contributed by atoms with E-state index in [0.717, 1.165) is 28.2 Å². The molecule has 278 valence electrons. The number of nitrogens with two attached hydrogens (primary N) is 1. The first-order valence-electron chi connectivity index (χ1n) is 17.4. The van der Waals surface area contributed by atoms with Crippen molar-refractivity contribution in [2.24, 2.45) is 5.73 Å². The van der Waals surface area contributed by atoms with Crippen LogP contribution in [0.2, 0.25) is 0 Å². The van der Waals surface area contributed by atoms with Crippen molar-refractivity contribution >= 4 is 46.0 Å². The number of hydrogen-bond donors (Lipinski definition) is 8. The van der Waals surface area contributed by atoms with Gasteiger partial charge in [0, 0.05) is 46.8 Å². The number of phenols is 1. The van der Waals surface area contributed by atoms with E-state index in [1.807, 2.05) is 74.5 Å². The number of primary amides is 1. The van der Waals surface area contributed by atoms with Crippen LogP contribution in [-0.2, 0) is 4.79 Å². The molecular formula is C41H39N9O5. The molecule has 6 rings (SSSR count). The van der Waals surface area contributed by atoms with Crippen LogP contribution in [-0.4, -0.2) is 56.2 Å². The molecule has 1 aromatic heterocycles. The summed E-state index contributed by atoms with van der Waals surface area (Å²) < 4.78 is 6.00. The number of nitriles is 1. The van der Waals surface area contributed by atoms with E-state index in [1.165, 1.54) is 12.1 Å². The van der Waals surface area contributed by atoms with Gasteiger partial charge >= 0.3 is 5.97 Å². The minimum Gasteiger partial charge on any atom is -0.503 e. The van der Waals surface area contributed by atoms with Gasteiger partial charge in [-0.3, -0.25) is 4.79 Å². The fourth-order valence-electron chi connectivity index (χ4n) is 5.76. The number of nitrogens with one attached hydrogen (secondary N) is 5. The molecule has 14 nitrogen and oxygen atoms in total. The molecule has 0 bridgehead atoms. The maximum atomic E-state index is 12.0. The number of hydrogen-bond acceptors (Lipinski definition) is 11. The quantitative estimate of drug-likeness (QED) is 0.0454. The molecule has 14 heteroatoms. The van der Waals surface area contributed by atoms with Gasteiger partial charge in [0.15, 0.2) is 11.5 Å². The lowest BCUT2D eigenvalue weighted by atomic mass is 10.0. The van der Waals surface area contributed by atoms with E-state index in [-0.39, 0.29) is 35.6 Å². The lowest BCUT2D eigenvalue weighted by molar-refractivity contribution is -0.118. The number of benzene rings is 5. The van der Waals surface area contributed by atoms with E-state index < -0.39 is 11.9 Å². The summed E-state index contributed by atoms with van der Waals surface area (Å²) in [5.41, 5.74) is 13.2. The van der Waals surface area contributed by atoms with Crippen LogP contribution in [0.25, 0.3) is 22.5 Å². The molecular weight excluding hydrogens is 699 g/mol. The van der Waals surface area contributed by atoms with Crippen LogP contribution in [0.4, 0.5) is 34.1 Å². The highest BCUT2D eigenvalue weighted by Crippen LogP contribution is 2.43. The molecule has 0 aliphatic heterocycles. The molecule has 0 fully saturated rings. The monoisotopic (exact) mass is 737 g/mol. The second kappa shape index (κ2) is 16.9. The second-order valence-corrected chi connectivity index (χ2v) is 12.9. The molecule has 0 aliphatic carbocycles. The third-order valence-electron chi connectivity index (χ3n) is 8.42. The van der Waals surface area contributed by atoms with Gasteiger partial charge in [0.05, 0.1) is 40.7 Å². The topological polar surface area (TPSA) is 223 Å². The highest BCUT2D eigenvalue weighted by Gasteiger charge is 2.18. The number of carbonyl (C=O) groups excluding carboxylic acids is 1. The Kier molecular flexibility index (Phi) is 11.4. The molecule has 0 saturated carbocycles. The van der Waals surface area contributed by atoms with Crippen LogP contribution < -0.4 is 31.7 Å². The molecule has 0 radical (unpaired) electrons. The van der Waals surface area contributed by atoms with Crippen molar-refractivity contribution in [3.8, 4) is 40.1 Å². The van der Waals surface area contributed by atoms with E-state index in [4.69, 9.17) is 15.7 Å². The smallest absolute Gasteiger partial charge is 0.335 e. The van der Waals surface area contributed by atoms with E-state index in [9.17, 15) is 19.8 Å². The first-order chi connectivity index (χ1) is 26.6. The molecule has 1 amide bonds. The van der Waals surface area contributed by atoms with Crippen molar-refractivity contribution in [3.63, 3.8) is 0 Å². The van der Waals surface area contributed by atoms with Crippen LogP contribution in [0.15, 0.2) is 109 Å². The zero-order valence-corrected chi connectivity index (χ0v) is 30.0. The zero-order valence-electron chi connectivity index (χ0n) is 30.0. The highest BCUT2D eigenvalue weighted by atomic mass is 16.5. The molecule has 5 aromatic carbocycles. The second-order valence-electron chi connectivity index (χ2n) is 12.9. The van der Waals surface area contributed by atoms with Crippen LogP contribution in [0.5, 0.6) is 11.5 Å². The Morgan fingerprint density at radius 3 is 1.87 bits per heavy atom. The zero-order chi connectivity index (χ0) is 38.9. The Morgan fingerprint density at radius 1 is 0.782 bits per heavy atom. The predicted molar refractivity (Wildman–Crippen MR) is 212 cm³/mol. The average Bonchev–Trinajstić information content (AvgIpc) is 3.67. The Labute approximate surface area is 317 Å². The van der Waals surface area contributed by atoms with Gasteiger partial charge in [0.25, 0.3) is 0 Å². The van der Waals surface area contributed by atoms with Gasteiger partial charge in [-0.1, -0.05) is 24.3 Å². The summed E-state index contributed by atoms with van der Waals surface area (Å²) in [5.74, 6) is -1.31. The average molecular weight is 738 g/mol. The van der Waals surface area contributed by atoms with Gasteiger partial charge < -0.3 is 42.0 Å². The number of aromatic hydroxyl groups is 1. The number of anilines is 6. The van der Waals surface area contributed by atoms with Gasteiger partial charge in [0.2, 0.25) is 5.91 Å². The van der Waals surface area contributed by atoms with Crippen molar-refractivity contribution in [2.45, 2.75) is 32.4 Å². The fraction of sp³-hybridized carbons (Fsp3) is 0.146. The van der Waals surface area contributed by atoms with Gasteiger partial charge in [-0.15, -0.1) is 0 Å². The Morgan fingerprint density at radius 2 is 1.31 bits per heavy atom. The molecule has 0 spiro atoms. The van der Waals surface area contributed by atoms with Crippen molar-refractivity contribution in [1.29, 1.82) is 5.26 Å². The molecule has 0 saturated heterocycles. The van der Waals surface area contributed by atoms with E-state index in [0.29, 0.717) is 40.6 Å². The molecule has 1 heterocycles. The maximum Gasteiger partial charge on any atom is 0.335 e. The molecule has 1 atom stereocenters. The third kappa shape index (κ3) is 9.48. The van der Waals surface area contributed by atoms with Crippen molar-refractivity contribution in [3.05, 3.63) is 120 Å². The predicted octanol–water partition coefficient (Wildman–Crippen LogP) is 7.46. The summed E-state index contributed by atoms with van der Waals surface area (Å²) in [6, 6.07) is 33.8. The standard InChI is InChI=1S/C41H39N9O5/c1-24(2)55-40-35(20-19-34(39(40)52)46-31-13-9-28(10-14-31)41(53)54)47-32-17-15-29(16-18-32)44-23-33(21-36(43)51)45-30-11-7-27(8-12-30)38-37(48-50-49-38)26-5-3-25(22-42)4-6-26/h3-20,24,33,44-47,52H,21,23H2,1-2H3,(H2,43,51)(H,53,54)(H,48,49,50)/t33-/m0/s1. The number of carboxylic acids is 1. The molecule has 0 aliphatic rings. The first kappa shape index (κ1) is 37.2. The Hall–Kier alpha value is -7.53. The first-order valence-corrected chi connectivity index (χ1v) is 17.4. The number of aromatic amines is 1. The Bertz CT molecular complexity index is 2300. The number of phenolic OH excluding ortho intramolecular Hbond substituents is 1. The number of nitrogens with zero attached hydrogens (tertiary/aromatic N) is 3. The van der Waals surface area contributed by atoms with Gasteiger partial charge in [0.1, 0.15) is 11.4 Å². The van der Waals surface area contributed by atoms with E-state index >= 15 is 0 Å². The number of carboxylic acid groups (broad SMARTS) is 1. The van der Waals surface area contributed by atoms with Crippen LogP contribution >= 0.6 is 0 Å². The summed E-state index contributed by atoms with van der Waals surface area (Å²) in [6.45, 7) is 4.12. The Balaban J connectivity index is 1.09.